The van der Waals surface area contributed by atoms with E-state index < -0.39 is 30.7 Å². The van der Waals surface area contributed by atoms with E-state index in [0.717, 1.165) is 0 Å². The third kappa shape index (κ3) is 3.21. The summed E-state index contributed by atoms with van der Waals surface area (Å²) in [5, 5.41) is 13.9. The van der Waals surface area contributed by atoms with Gasteiger partial charge in [-0.15, -0.1) is 11.3 Å². The van der Waals surface area contributed by atoms with Crippen molar-refractivity contribution in [3.63, 3.8) is 0 Å². The summed E-state index contributed by atoms with van der Waals surface area (Å²) in [6, 6.07) is -0.442. The molecule has 5 nitrogen and oxygen atoms in total. The lowest BCUT2D eigenvalue weighted by Crippen LogP contribution is -2.55. The van der Waals surface area contributed by atoms with E-state index in [2.05, 4.69) is 10.3 Å². The van der Waals surface area contributed by atoms with Crippen molar-refractivity contribution in [2.24, 2.45) is 0 Å². The fourth-order valence-electron chi connectivity index (χ4n) is 1.97. The lowest BCUT2D eigenvalue weighted by Gasteiger charge is -2.38. The lowest BCUT2D eigenvalue weighted by molar-refractivity contribution is -0.271. The predicted octanol–water partition coefficient (Wildman–Crippen LogP) is 1.74. The smallest absolute Gasteiger partial charge is 0.380 e. The van der Waals surface area contributed by atoms with Gasteiger partial charge in [-0.05, 0) is 0 Å². The van der Waals surface area contributed by atoms with Crippen LogP contribution in [0, 0.1) is 0 Å². The molecule has 2 heterocycles. The highest BCUT2D eigenvalue weighted by Crippen LogP contribution is 2.38. The van der Waals surface area contributed by atoms with Crippen LogP contribution in [-0.2, 0) is 6.54 Å². The monoisotopic (exact) mass is 309 g/mol. The van der Waals surface area contributed by atoms with Crippen LogP contribution < -0.4 is 5.32 Å². The van der Waals surface area contributed by atoms with E-state index in [4.69, 9.17) is 0 Å². The molecule has 2 N–H and O–H groups in total. The maximum Gasteiger partial charge on any atom is 0.417 e. The number of thiazole rings is 1. The third-order valence-electron chi connectivity index (χ3n) is 3.31. The molecule has 0 atom stereocenters. The highest BCUT2D eigenvalue weighted by molar-refractivity contribution is 7.07. The number of carbonyl (C=O) groups is 1. The molecule has 0 unspecified atom stereocenters. The Balaban J connectivity index is 1.83. The van der Waals surface area contributed by atoms with Crippen LogP contribution in [0.2, 0.25) is 0 Å². The maximum atomic E-state index is 12.6. The van der Waals surface area contributed by atoms with E-state index in [1.165, 1.54) is 16.2 Å². The standard InChI is InChI=1S/C11H14F3N3O2S/c12-11(13,14)10(19)1-3-17(4-2-10)9(18)15-5-8-6-20-7-16-8/h6-7,19H,1-5H2,(H,15,18). The first-order chi connectivity index (χ1) is 9.32. The summed E-state index contributed by atoms with van der Waals surface area (Å²) < 4.78 is 37.8. The Morgan fingerprint density at radius 3 is 2.65 bits per heavy atom. The van der Waals surface area contributed by atoms with Gasteiger partial charge in [-0.3, -0.25) is 0 Å². The van der Waals surface area contributed by atoms with Crippen LogP contribution in [0.1, 0.15) is 18.5 Å². The summed E-state index contributed by atoms with van der Waals surface area (Å²) in [7, 11) is 0. The van der Waals surface area contributed by atoms with E-state index in [9.17, 15) is 23.1 Å². The number of aromatic nitrogens is 1. The molecule has 2 amide bonds. The first kappa shape index (κ1) is 15.0. The Kier molecular flexibility index (Phi) is 4.19. The van der Waals surface area contributed by atoms with Gasteiger partial charge in [-0.2, -0.15) is 13.2 Å². The van der Waals surface area contributed by atoms with Crippen molar-refractivity contribution in [2.45, 2.75) is 31.2 Å². The van der Waals surface area contributed by atoms with Crippen molar-refractivity contribution in [3.05, 3.63) is 16.6 Å². The number of hydrogen-bond acceptors (Lipinski definition) is 4. The fraction of sp³-hybridized carbons (Fsp3) is 0.636. The average molecular weight is 309 g/mol. The highest BCUT2D eigenvalue weighted by Gasteiger charge is 2.54. The second-order valence-electron chi connectivity index (χ2n) is 4.65. The summed E-state index contributed by atoms with van der Waals surface area (Å²) in [4.78, 5) is 17.0. The molecule has 1 aliphatic heterocycles. The zero-order valence-corrected chi connectivity index (χ0v) is 11.3. The molecular formula is C11H14F3N3O2S. The van der Waals surface area contributed by atoms with Crippen LogP contribution >= 0.6 is 11.3 Å². The molecule has 1 saturated heterocycles. The van der Waals surface area contributed by atoms with Crippen LogP contribution in [0.25, 0.3) is 0 Å². The van der Waals surface area contributed by atoms with Gasteiger partial charge in [0, 0.05) is 31.3 Å². The highest BCUT2D eigenvalue weighted by atomic mass is 32.1. The average Bonchev–Trinajstić information content (AvgIpc) is 2.88. The van der Waals surface area contributed by atoms with E-state index in [1.54, 1.807) is 10.9 Å². The Bertz CT molecular complexity index is 456. The Morgan fingerprint density at radius 2 is 2.15 bits per heavy atom. The van der Waals surface area contributed by atoms with Gasteiger partial charge in [0.15, 0.2) is 5.60 Å². The number of nitrogens with zero attached hydrogens (tertiary/aromatic N) is 2. The van der Waals surface area contributed by atoms with Gasteiger partial charge in [0.25, 0.3) is 0 Å². The third-order valence-corrected chi connectivity index (χ3v) is 3.94. The van der Waals surface area contributed by atoms with Gasteiger partial charge in [-0.1, -0.05) is 0 Å². The van der Waals surface area contributed by atoms with Crippen LogP contribution in [0.3, 0.4) is 0 Å². The molecule has 0 aromatic carbocycles. The Morgan fingerprint density at radius 1 is 1.50 bits per heavy atom. The van der Waals surface area contributed by atoms with Crippen LogP contribution in [0.4, 0.5) is 18.0 Å². The number of aliphatic hydroxyl groups is 1. The summed E-state index contributed by atoms with van der Waals surface area (Å²) in [6.45, 7) is -0.0137. The number of rotatable bonds is 2. The van der Waals surface area contributed by atoms with Crippen molar-refractivity contribution in [2.75, 3.05) is 13.1 Å². The molecular weight excluding hydrogens is 295 g/mol. The molecule has 0 radical (unpaired) electrons. The van der Waals surface area contributed by atoms with E-state index in [0.29, 0.717) is 5.69 Å². The number of piperidine rings is 1. The number of amides is 2. The van der Waals surface area contributed by atoms with E-state index in [1.807, 2.05) is 0 Å². The normalized spacial score (nSPS) is 18.9. The van der Waals surface area contributed by atoms with Crippen molar-refractivity contribution in [3.8, 4) is 0 Å². The lowest BCUT2D eigenvalue weighted by atomic mass is 9.91. The number of hydrogen-bond donors (Lipinski definition) is 2. The summed E-state index contributed by atoms with van der Waals surface area (Å²) in [5.41, 5.74) is -0.350. The largest absolute Gasteiger partial charge is 0.417 e. The minimum Gasteiger partial charge on any atom is -0.380 e. The number of halogens is 3. The summed E-state index contributed by atoms with van der Waals surface area (Å²) >= 11 is 1.40. The molecule has 0 bridgehead atoms. The maximum absolute atomic E-state index is 12.6. The van der Waals surface area contributed by atoms with Crippen LogP contribution in [0.15, 0.2) is 10.9 Å². The molecule has 1 aliphatic rings. The van der Waals surface area contributed by atoms with Gasteiger partial charge >= 0.3 is 12.2 Å². The molecule has 0 saturated carbocycles. The molecule has 2 rings (SSSR count). The van der Waals surface area contributed by atoms with E-state index in [-0.39, 0.29) is 19.6 Å². The molecule has 1 fully saturated rings. The fourth-order valence-corrected chi connectivity index (χ4v) is 2.52. The zero-order chi connectivity index (χ0) is 14.8. The number of alkyl halides is 3. The van der Waals surface area contributed by atoms with Gasteiger partial charge < -0.3 is 15.3 Å². The van der Waals surface area contributed by atoms with Gasteiger partial charge in [0.1, 0.15) is 0 Å². The van der Waals surface area contributed by atoms with Crippen molar-refractivity contribution >= 4 is 17.4 Å². The van der Waals surface area contributed by atoms with Gasteiger partial charge in [-0.25, -0.2) is 9.78 Å². The predicted molar refractivity (Wildman–Crippen MR) is 66.2 cm³/mol. The van der Waals surface area contributed by atoms with Gasteiger partial charge in [0.05, 0.1) is 17.7 Å². The molecule has 0 spiro atoms. The molecule has 0 aliphatic carbocycles. The van der Waals surface area contributed by atoms with E-state index >= 15 is 0 Å². The number of likely N-dealkylation sites (tertiary alicyclic amines) is 1. The summed E-state index contributed by atoms with van der Waals surface area (Å²) in [5.74, 6) is 0. The molecule has 112 valence electrons. The number of urea groups is 1. The zero-order valence-electron chi connectivity index (χ0n) is 10.5. The Labute approximate surface area is 117 Å². The SMILES string of the molecule is O=C(NCc1cscn1)N1CCC(O)(C(F)(F)F)CC1. The molecule has 1 aromatic heterocycles. The number of carbonyl (C=O) groups excluding carboxylic acids is 1. The minimum absolute atomic E-state index is 0.126. The summed E-state index contributed by atoms with van der Waals surface area (Å²) in [6.07, 6.45) is -5.66. The topological polar surface area (TPSA) is 65.5 Å². The van der Waals surface area contributed by atoms with Crippen LogP contribution in [-0.4, -0.2) is 45.9 Å². The quantitative estimate of drug-likeness (QED) is 0.874. The van der Waals surface area contributed by atoms with Gasteiger partial charge in [0.2, 0.25) is 0 Å². The first-order valence-electron chi connectivity index (χ1n) is 6.01. The second kappa shape index (κ2) is 5.57. The number of nitrogens with one attached hydrogen (secondary N) is 1. The van der Waals surface area contributed by atoms with Crippen LogP contribution in [0.5, 0.6) is 0 Å². The minimum atomic E-state index is -4.66. The first-order valence-corrected chi connectivity index (χ1v) is 6.95. The van der Waals surface area contributed by atoms with Crippen molar-refractivity contribution in [1.29, 1.82) is 0 Å². The molecule has 20 heavy (non-hydrogen) atoms. The molecule has 9 heteroatoms. The van der Waals surface area contributed by atoms with Crippen molar-refractivity contribution < 1.29 is 23.1 Å². The second-order valence-corrected chi connectivity index (χ2v) is 5.37. The Hall–Kier alpha value is -1.35. The van der Waals surface area contributed by atoms with Crippen molar-refractivity contribution in [1.82, 2.24) is 15.2 Å². The molecule has 1 aromatic rings.